The van der Waals surface area contributed by atoms with Crippen molar-refractivity contribution in [3.05, 3.63) is 58.5 Å². The van der Waals surface area contributed by atoms with Crippen molar-refractivity contribution in [1.82, 2.24) is 4.98 Å². The van der Waals surface area contributed by atoms with Gasteiger partial charge in [0.25, 0.3) is 0 Å². The molecular weight excluding hydrogens is 364 g/mol. The summed E-state index contributed by atoms with van der Waals surface area (Å²) in [5, 5.41) is 3.97. The molecular formula is C24H26N2O3. The summed E-state index contributed by atoms with van der Waals surface area (Å²) in [5.74, 6) is 2.17. The van der Waals surface area contributed by atoms with E-state index in [9.17, 15) is 4.79 Å². The topological polar surface area (TPSA) is 64.4 Å². The smallest absolute Gasteiger partial charge is 0.249 e. The highest BCUT2D eigenvalue weighted by Crippen LogP contribution is 2.41. The second-order valence-electron chi connectivity index (χ2n) is 7.65. The monoisotopic (exact) mass is 390 g/mol. The number of nitrogens with one attached hydrogen (secondary N) is 1. The van der Waals surface area contributed by atoms with Crippen LogP contribution in [0.2, 0.25) is 0 Å². The van der Waals surface area contributed by atoms with Gasteiger partial charge in [-0.2, -0.15) is 0 Å². The van der Waals surface area contributed by atoms with Crippen molar-refractivity contribution in [2.24, 2.45) is 0 Å². The second-order valence-corrected chi connectivity index (χ2v) is 7.65. The number of aryl methyl sites for hydroxylation is 4. The normalized spacial score (nSPS) is 14.0. The van der Waals surface area contributed by atoms with Crippen molar-refractivity contribution < 1.29 is 13.9 Å². The lowest BCUT2D eigenvalue weighted by Crippen LogP contribution is -2.10. The van der Waals surface area contributed by atoms with Crippen molar-refractivity contribution in [2.75, 3.05) is 12.4 Å². The minimum Gasteiger partial charge on any atom is -0.496 e. The summed E-state index contributed by atoms with van der Waals surface area (Å²) in [7, 11) is 1.66. The maximum absolute atomic E-state index is 12.6. The number of amides is 1. The number of allylic oxidation sites excluding steroid dienone is 1. The van der Waals surface area contributed by atoms with E-state index < -0.39 is 0 Å². The number of rotatable bonds is 4. The third-order valence-corrected chi connectivity index (χ3v) is 5.54. The van der Waals surface area contributed by atoms with Crippen LogP contribution < -0.4 is 10.1 Å². The Morgan fingerprint density at radius 3 is 2.79 bits per heavy atom. The van der Waals surface area contributed by atoms with E-state index in [1.807, 2.05) is 32.9 Å². The van der Waals surface area contributed by atoms with Gasteiger partial charge in [-0.05, 0) is 63.8 Å². The minimum absolute atomic E-state index is 0.213. The summed E-state index contributed by atoms with van der Waals surface area (Å²) in [6.45, 7) is 5.84. The Morgan fingerprint density at radius 2 is 2.03 bits per heavy atom. The van der Waals surface area contributed by atoms with Gasteiger partial charge in [0.1, 0.15) is 22.9 Å². The van der Waals surface area contributed by atoms with Crippen LogP contribution in [0.25, 0.3) is 16.5 Å². The average molecular weight is 390 g/mol. The van der Waals surface area contributed by atoms with Gasteiger partial charge in [0.2, 0.25) is 5.91 Å². The van der Waals surface area contributed by atoms with Crippen LogP contribution in [0.4, 0.5) is 5.82 Å². The molecule has 29 heavy (non-hydrogen) atoms. The number of aromatic nitrogens is 1. The van der Waals surface area contributed by atoms with Crippen LogP contribution in [0, 0.1) is 13.8 Å². The summed E-state index contributed by atoms with van der Waals surface area (Å²) in [5.41, 5.74) is 5.79. The Bertz CT molecular complexity index is 1120. The zero-order valence-corrected chi connectivity index (χ0v) is 17.4. The van der Waals surface area contributed by atoms with E-state index >= 15 is 0 Å². The van der Waals surface area contributed by atoms with Crippen LogP contribution in [-0.2, 0) is 17.6 Å². The third kappa shape index (κ3) is 3.65. The van der Waals surface area contributed by atoms with Gasteiger partial charge >= 0.3 is 0 Å². The highest BCUT2D eigenvalue weighted by Gasteiger charge is 2.23. The van der Waals surface area contributed by atoms with Crippen molar-refractivity contribution in [1.29, 1.82) is 0 Å². The Morgan fingerprint density at radius 1 is 1.24 bits per heavy atom. The molecule has 0 radical (unpaired) electrons. The van der Waals surface area contributed by atoms with Crippen molar-refractivity contribution in [3.8, 4) is 5.75 Å². The molecule has 4 rings (SSSR count). The fourth-order valence-corrected chi connectivity index (χ4v) is 4.14. The number of benzene rings is 1. The van der Waals surface area contributed by atoms with E-state index in [1.165, 1.54) is 18.4 Å². The Balaban J connectivity index is 1.73. The Labute approximate surface area is 170 Å². The Hall–Kier alpha value is -3.08. The number of carbonyl (C=O) groups excluding carboxylic acids is 1. The van der Waals surface area contributed by atoms with Crippen molar-refractivity contribution >= 4 is 28.3 Å². The first kappa shape index (κ1) is 19.2. The number of hydrogen-bond donors (Lipinski definition) is 1. The molecule has 1 aromatic carbocycles. The summed E-state index contributed by atoms with van der Waals surface area (Å²) >= 11 is 0. The molecule has 0 aliphatic heterocycles. The van der Waals surface area contributed by atoms with Crippen LogP contribution in [0.1, 0.15) is 47.9 Å². The molecule has 0 unspecified atom stereocenters. The molecule has 0 saturated carbocycles. The van der Waals surface area contributed by atoms with E-state index in [2.05, 4.69) is 16.4 Å². The second kappa shape index (κ2) is 7.74. The maximum Gasteiger partial charge on any atom is 0.249 e. The Kier molecular flexibility index (Phi) is 5.14. The van der Waals surface area contributed by atoms with Gasteiger partial charge < -0.3 is 14.5 Å². The minimum atomic E-state index is -0.213. The van der Waals surface area contributed by atoms with Gasteiger partial charge in [-0.1, -0.05) is 6.07 Å². The van der Waals surface area contributed by atoms with Gasteiger partial charge in [0.15, 0.2) is 0 Å². The molecule has 0 bridgehead atoms. The van der Waals surface area contributed by atoms with Crippen LogP contribution in [0.5, 0.6) is 5.75 Å². The molecule has 3 aromatic rings. The summed E-state index contributed by atoms with van der Waals surface area (Å²) in [6, 6.07) is 7.66. The first-order chi connectivity index (χ1) is 14.0. The number of anilines is 1. The molecule has 0 atom stereocenters. The zero-order chi connectivity index (χ0) is 20.5. The van der Waals surface area contributed by atoms with Gasteiger partial charge in [-0.15, -0.1) is 0 Å². The fourth-order valence-electron chi connectivity index (χ4n) is 4.14. The van der Waals surface area contributed by atoms with Gasteiger partial charge in [-0.25, -0.2) is 4.98 Å². The molecule has 2 aromatic heterocycles. The average Bonchev–Trinajstić information content (AvgIpc) is 3.07. The summed E-state index contributed by atoms with van der Waals surface area (Å²) in [6.07, 6.45) is 5.97. The lowest BCUT2D eigenvalue weighted by molar-refractivity contribution is -0.111. The number of ether oxygens (including phenoxy) is 1. The van der Waals surface area contributed by atoms with E-state index in [0.29, 0.717) is 5.82 Å². The molecule has 150 valence electrons. The third-order valence-electron chi connectivity index (χ3n) is 5.54. The molecule has 5 heteroatoms. The molecule has 0 saturated heterocycles. The van der Waals surface area contributed by atoms with Crippen LogP contribution in [-0.4, -0.2) is 18.0 Å². The number of hydrogen-bond acceptors (Lipinski definition) is 4. The number of fused-ring (bicyclic) bond motifs is 3. The van der Waals surface area contributed by atoms with Crippen molar-refractivity contribution in [3.63, 3.8) is 0 Å². The SMILES string of the molecule is COc1c(/C(C)=C/C(=O)Nc2cccc(C)n2)cc2c3c(oc2c1C)CCCC3. The molecule has 1 aliphatic rings. The van der Waals surface area contributed by atoms with Gasteiger partial charge in [-0.3, -0.25) is 4.79 Å². The van der Waals surface area contributed by atoms with E-state index in [0.717, 1.165) is 57.7 Å². The lowest BCUT2D eigenvalue weighted by Gasteiger charge is -2.13. The lowest BCUT2D eigenvalue weighted by atomic mass is 9.93. The highest BCUT2D eigenvalue weighted by atomic mass is 16.5. The molecule has 0 fully saturated rings. The largest absolute Gasteiger partial charge is 0.496 e. The molecule has 5 nitrogen and oxygen atoms in total. The molecule has 2 heterocycles. The standard InChI is InChI=1S/C24H26N2O3/c1-14(12-22(27)26-21-11-7-8-15(2)25-21)18-13-19-17-9-5-6-10-20(17)29-24(19)16(3)23(18)28-4/h7-8,11-13H,5-6,9-10H2,1-4H3,(H,25,26,27)/b14-12+. The summed E-state index contributed by atoms with van der Waals surface area (Å²) in [4.78, 5) is 16.9. The van der Waals surface area contributed by atoms with E-state index in [-0.39, 0.29) is 5.91 Å². The zero-order valence-electron chi connectivity index (χ0n) is 17.4. The van der Waals surface area contributed by atoms with Crippen LogP contribution >= 0.6 is 0 Å². The first-order valence-electron chi connectivity index (χ1n) is 10.0. The molecule has 1 aliphatic carbocycles. The number of methoxy groups -OCH3 is 1. The maximum atomic E-state index is 12.6. The van der Waals surface area contributed by atoms with E-state index in [1.54, 1.807) is 19.3 Å². The fraction of sp³-hybridized carbons (Fsp3) is 0.333. The molecule has 1 amide bonds. The highest BCUT2D eigenvalue weighted by molar-refractivity contribution is 6.04. The predicted octanol–water partition coefficient (Wildman–Crippen LogP) is 5.37. The van der Waals surface area contributed by atoms with E-state index in [4.69, 9.17) is 9.15 Å². The van der Waals surface area contributed by atoms with Crippen molar-refractivity contribution in [2.45, 2.75) is 46.5 Å². The summed E-state index contributed by atoms with van der Waals surface area (Å²) < 4.78 is 11.9. The molecule has 0 spiro atoms. The van der Waals surface area contributed by atoms with Gasteiger partial charge in [0, 0.05) is 40.3 Å². The quantitative estimate of drug-likeness (QED) is 0.608. The molecule has 1 N–H and O–H groups in total. The van der Waals surface area contributed by atoms with Crippen LogP contribution in [0.15, 0.2) is 34.8 Å². The number of nitrogens with zero attached hydrogens (tertiary/aromatic N) is 1. The number of carbonyl (C=O) groups is 1. The number of pyridine rings is 1. The number of furan rings is 1. The first-order valence-corrected chi connectivity index (χ1v) is 10.0. The predicted molar refractivity (Wildman–Crippen MR) is 115 cm³/mol. The van der Waals surface area contributed by atoms with Crippen LogP contribution in [0.3, 0.4) is 0 Å². The van der Waals surface area contributed by atoms with Gasteiger partial charge in [0.05, 0.1) is 7.11 Å².